The van der Waals surface area contributed by atoms with Crippen LogP contribution in [-0.4, -0.2) is 55.1 Å². The fourth-order valence-electron chi connectivity index (χ4n) is 7.07. The monoisotopic (exact) mass is 780 g/mol. The number of carbonyl (C=O) groups excluding carboxylic acids is 2. The second kappa shape index (κ2) is 13.9. The second-order valence-corrected chi connectivity index (χ2v) is 14.5. The predicted molar refractivity (Wildman–Crippen MR) is 210 cm³/mol. The van der Waals surface area contributed by atoms with Crippen molar-refractivity contribution in [3.8, 4) is 11.1 Å². The van der Waals surface area contributed by atoms with Gasteiger partial charge < -0.3 is 20.3 Å². The van der Waals surface area contributed by atoms with E-state index in [1.807, 2.05) is 0 Å². The van der Waals surface area contributed by atoms with Crippen molar-refractivity contribution in [2.24, 2.45) is 7.05 Å². The summed E-state index contributed by atoms with van der Waals surface area (Å²) in [5, 5.41) is 15.8. The summed E-state index contributed by atoms with van der Waals surface area (Å²) in [5.41, 5.74) is 0.831. The van der Waals surface area contributed by atoms with Crippen molar-refractivity contribution in [1.82, 2.24) is 19.5 Å². The fraction of sp³-hybridized carbons (Fsp3) is 0.0488. The van der Waals surface area contributed by atoms with Crippen molar-refractivity contribution < 1.29 is 32.5 Å². The molecular weight excluding hydrogens is 753 g/mol. The number of hydrogen-bond acceptors (Lipinski definition) is 11. The molecule has 0 saturated carbocycles. The molecule has 2 heterocycles. The number of nitrogens with one attached hydrogen (secondary N) is 3. The number of benzene rings is 5. The lowest BCUT2D eigenvalue weighted by Crippen LogP contribution is -2.29. The summed E-state index contributed by atoms with van der Waals surface area (Å²) in [4.78, 5) is 76.7. The number of anilines is 4. The van der Waals surface area contributed by atoms with Crippen LogP contribution in [0, 0.1) is 0 Å². The molecule has 0 atom stereocenters. The Hall–Kier alpha value is -7.56. The van der Waals surface area contributed by atoms with Crippen LogP contribution in [0.5, 0.6) is 0 Å². The average molecular weight is 781 g/mol. The largest absolute Gasteiger partial charge is 0.478 e. The third-order valence-electron chi connectivity index (χ3n) is 9.57. The molecule has 0 saturated heterocycles. The highest BCUT2D eigenvalue weighted by Crippen LogP contribution is 2.44. The maximum atomic E-state index is 14.4. The average Bonchev–Trinajstić information content (AvgIpc) is 3.18. The molecule has 5 aromatic carbocycles. The summed E-state index contributed by atoms with van der Waals surface area (Å²) in [7, 11) is -3.29. The number of nitrogens with zero attached hydrogens (tertiary/aromatic N) is 3. The number of hydrogen-bond donors (Lipinski definition) is 5. The number of H-pyrrole nitrogens is 1. The van der Waals surface area contributed by atoms with E-state index in [2.05, 4.69) is 25.6 Å². The number of fused-ring (bicyclic) bond motifs is 2. The quantitative estimate of drug-likeness (QED) is 0.0856. The molecule has 7 aromatic rings. The van der Waals surface area contributed by atoms with E-state index in [0.29, 0.717) is 27.6 Å². The summed E-state index contributed by atoms with van der Waals surface area (Å²) < 4.78 is 36.6. The van der Waals surface area contributed by atoms with Gasteiger partial charge in [0, 0.05) is 41.2 Å². The van der Waals surface area contributed by atoms with Crippen molar-refractivity contribution in [2.75, 3.05) is 10.6 Å². The minimum absolute atomic E-state index is 0.0151. The third kappa shape index (κ3) is 6.53. The molecule has 2 aromatic heterocycles. The maximum Gasteiger partial charge on any atom is 0.349 e. The summed E-state index contributed by atoms with van der Waals surface area (Å²) in [6, 6.07) is 28.1. The van der Waals surface area contributed by atoms with Crippen LogP contribution in [-0.2, 0) is 23.6 Å². The SMILES string of the molecule is Cn1c(=O)c(C(=O)c2ccccc2)c2c3c(c(Nc4ccc(S(=O)(=O)O)c(Cc5nc(Nc6ccccc6C(=O)O)nc(=O)[nH]5)c4)ccc31)C(=O)c1ccccc1-2. The molecule has 0 spiro atoms. The van der Waals surface area contributed by atoms with Gasteiger partial charge in [-0.2, -0.15) is 18.4 Å². The summed E-state index contributed by atoms with van der Waals surface area (Å²) in [6.07, 6.45) is -0.355. The van der Waals surface area contributed by atoms with Gasteiger partial charge in [-0.3, -0.25) is 23.9 Å². The van der Waals surface area contributed by atoms with E-state index in [4.69, 9.17) is 0 Å². The standard InChI is InChI=1S/C41H28N6O9S/c1-47-29-17-16-28(33-34(29)32(24-11-5-6-12-25(24)37(33)49)35(38(47)50)36(48)21-9-3-2-4-10-21)42-23-15-18-30(57(54,55)56)22(19-23)20-31-44-40(46-41(53)45-31)43-27-14-8-7-13-26(27)39(51)52/h2-19,42H,20H2,1H3,(H,51,52)(H,54,55,56)(H2,43,44,45,46,53). The Kier molecular flexibility index (Phi) is 8.90. The molecule has 0 unspecified atom stereocenters. The Morgan fingerprint density at radius 1 is 0.789 bits per heavy atom. The van der Waals surface area contributed by atoms with Gasteiger partial charge in [-0.05, 0) is 53.6 Å². The van der Waals surface area contributed by atoms with E-state index in [1.54, 1.807) is 72.8 Å². The Labute approximate surface area is 322 Å². The number of aromatic amines is 1. The van der Waals surface area contributed by atoms with Crippen LogP contribution < -0.4 is 21.9 Å². The lowest BCUT2D eigenvalue weighted by molar-refractivity contribution is 0.0697. The van der Waals surface area contributed by atoms with Gasteiger partial charge in [-0.1, -0.05) is 66.7 Å². The van der Waals surface area contributed by atoms with Gasteiger partial charge in [0.2, 0.25) is 5.95 Å². The number of rotatable bonds is 10. The highest BCUT2D eigenvalue weighted by atomic mass is 32.2. The molecule has 1 aliphatic rings. The molecule has 57 heavy (non-hydrogen) atoms. The van der Waals surface area contributed by atoms with Crippen LogP contribution in [0.2, 0.25) is 0 Å². The van der Waals surface area contributed by atoms with Crippen molar-refractivity contribution in [2.45, 2.75) is 11.3 Å². The number of carbonyl (C=O) groups is 3. The lowest BCUT2D eigenvalue weighted by Gasteiger charge is -2.25. The fourth-order valence-corrected chi connectivity index (χ4v) is 7.77. The Morgan fingerprint density at radius 3 is 2.23 bits per heavy atom. The zero-order valence-corrected chi connectivity index (χ0v) is 30.4. The van der Waals surface area contributed by atoms with Crippen LogP contribution >= 0.6 is 0 Å². The predicted octanol–water partition coefficient (Wildman–Crippen LogP) is 5.48. The number of aromatic nitrogens is 4. The first-order valence-corrected chi connectivity index (χ1v) is 18.6. The number of aromatic carboxylic acids is 1. The normalized spacial score (nSPS) is 11.9. The number of aryl methyl sites for hydroxylation is 1. The van der Waals surface area contributed by atoms with E-state index in [9.17, 15) is 42.0 Å². The molecule has 1 aliphatic carbocycles. The van der Waals surface area contributed by atoms with Crippen molar-refractivity contribution in [3.05, 3.63) is 169 Å². The summed E-state index contributed by atoms with van der Waals surface area (Å²) >= 11 is 0. The molecule has 0 radical (unpaired) electrons. The molecule has 8 rings (SSSR count). The highest BCUT2D eigenvalue weighted by molar-refractivity contribution is 7.85. The number of ketones is 2. The smallest absolute Gasteiger partial charge is 0.349 e. The van der Waals surface area contributed by atoms with Crippen LogP contribution in [0.3, 0.4) is 0 Å². The van der Waals surface area contributed by atoms with E-state index < -0.39 is 38.0 Å². The van der Waals surface area contributed by atoms with Crippen LogP contribution in [0.1, 0.15) is 53.6 Å². The zero-order valence-electron chi connectivity index (χ0n) is 29.6. The first-order valence-electron chi connectivity index (χ1n) is 17.2. The first kappa shape index (κ1) is 36.4. The van der Waals surface area contributed by atoms with Gasteiger partial charge in [-0.25, -0.2) is 9.59 Å². The van der Waals surface area contributed by atoms with Gasteiger partial charge in [0.15, 0.2) is 11.6 Å². The van der Waals surface area contributed by atoms with Gasteiger partial charge in [0.25, 0.3) is 15.7 Å². The molecular formula is C41H28N6O9S. The number of para-hydroxylation sites is 1. The number of pyridine rings is 1. The highest BCUT2D eigenvalue weighted by Gasteiger charge is 2.34. The van der Waals surface area contributed by atoms with E-state index in [0.717, 1.165) is 6.07 Å². The Balaban J connectivity index is 1.25. The van der Waals surface area contributed by atoms with Crippen LogP contribution in [0.15, 0.2) is 124 Å². The van der Waals surface area contributed by atoms with Crippen molar-refractivity contribution in [1.29, 1.82) is 0 Å². The van der Waals surface area contributed by atoms with Gasteiger partial charge in [-0.15, -0.1) is 0 Å². The van der Waals surface area contributed by atoms with Crippen molar-refractivity contribution in [3.63, 3.8) is 0 Å². The minimum Gasteiger partial charge on any atom is -0.478 e. The lowest BCUT2D eigenvalue weighted by atomic mass is 9.80. The zero-order chi connectivity index (χ0) is 40.2. The molecule has 0 amide bonds. The molecule has 0 fully saturated rings. The first-order chi connectivity index (χ1) is 27.3. The van der Waals surface area contributed by atoms with E-state index in [-0.39, 0.29) is 68.9 Å². The number of carboxylic acids is 1. The van der Waals surface area contributed by atoms with Crippen molar-refractivity contribution >= 4 is 61.6 Å². The van der Waals surface area contributed by atoms with Gasteiger partial charge in [0.05, 0.1) is 38.5 Å². The van der Waals surface area contributed by atoms with E-state index in [1.165, 1.54) is 41.9 Å². The second-order valence-electron chi connectivity index (χ2n) is 13.1. The maximum absolute atomic E-state index is 14.4. The van der Waals surface area contributed by atoms with E-state index >= 15 is 0 Å². The molecule has 0 bridgehead atoms. The molecule has 15 nitrogen and oxygen atoms in total. The topological polar surface area (TPSA) is 231 Å². The summed E-state index contributed by atoms with van der Waals surface area (Å²) in [6.45, 7) is 0. The van der Waals surface area contributed by atoms with Crippen LogP contribution in [0.25, 0.3) is 22.0 Å². The number of carboxylic acid groups (broad SMARTS) is 1. The van der Waals surface area contributed by atoms with Gasteiger partial charge in [0.1, 0.15) is 5.82 Å². The molecule has 16 heteroatoms. The molecule has 282 valence electrons. The molecule has 0 aliphatic heterocycles. The Bertz CT molecular complexity index is 3110. The molecule has 5 N–H and O–H groups in total. The summed E-state index contributed by atoms with van der Waals surface area (Å²) in [5.74, 6) is -2.49. The Morgan fingerprint density at radius 2 is 1.49 bits per heavy atom. The third-order valence-corrected chi connectivity index (χ3v) is 10.5. The van der Waals surface area contributed by atoms with Crippen LogP contribution in [0.4, 0.5) is 23.0 Å². The minimum atomic E-state index is -4.81. The van der Waals surface area contributed by atoms with Gasteiger partial charge >= 0.3 is 11.7 Å².